The number of nitrogens with zero attached hydrogens (tertiary/aromatic N) is 2. The van der Waals surface area contributed by atoms with E-state index in [0.717, 1.165) is 11.1 Å². The third-order valence-electron chi connectivity index (χ3n) is 3.30. The largest absolute Gasteiger partial charge is 0.318 e. The van der Waals surface area contributed by atoms with Crippen LogP contribution in [0.2, 0.25) is 5.02 Å². The van der Waals surface area contributed by atoms with Crippen molar-refractivity contribution in [2.24, 2.45) is 5.73 Å². The van der Waals surface area contributed by atoms with Crippen LogP contribution in [0.1, 0.15) is 23.0 Å². The molecule has 4 nitrogen and oxygen atoms in total. The van der Waals surface area contributed by atoms with Crippen molar-refractivity contribution in [2.75, 3.05) is 0 Å². The minimum Gasteiger partial charge on any atom is -0.318 e. The Bertz CT molecular complexity index is 749. The molecule has 0 aliphatic rings. The van der Waals surface area contributed by atoms with Gasteiger partial charge in [0.05, 0.1) is 6.04 Å². The Kier molecular flexibility index (Phi) is 3.73. The van der Waals surface area contributed by atoms with Crippen LogP contribution in [0.25, 0.3) is 11.4 Å². The Morgan fingerprint density at radius 3 is 2.62 bits per heavy atom. The van der Waals surface area contributed by atoms with E-state index in [2.05, 4.69) is 15.2 Å². The molecule has 3 aromatic rings. The lowest BCUT2D eigenvalue weighted by Crippen LogP contribution is -2.13. The molecular formula is C16H15ClN4. The van der Waals surface area contributed by atoms with E-state index in [4.69, 9.17) is 17.3 Å². The van der Waals surface area contributed by atoms with Crippen LogP contribution in [0.4, 0.5) is 0 Å². The van der Waals surface area contributed by atoms with E-state index in [9.17, 15) is 0 Å². The monoisotopic (exact) mass is 298 g/mol. The zero-order valence-electron chi connectivity index (χ0n) is 11.5. The van der Waals surface area contributed by atoms with Crippen LogP contribution < -0.4 is 5.73 Å². The van der Waals surface area contributed by atoms with Gasteiger partial charge in [0.25, 0.3) is 0 Å². The van der Waals surface area contributed by atoms with Crippen LogP contribution in [-0.2, 0) is 0 Å². The molecule has 0 spiro atoms. The number of hydrogen-bond donors (Lipinski definition) is 2. The molecule has 0 unspecified atom stereocenters. The van der Waals surface area contributed by atoms with Gasteiger partial charge < -0.3 is 5.73 Å². The average molecular weight is 299 g/mol. The fourth-order valence-electron chi connectivity index (χ4n) is 2.15. The molecule has 106 valence electrons. The van der Waals surface area contributed by atoms with Crippen molar-refractivity contribution in [3.05, 3.63) is 70.5 Å². The minimum absolute atomic E-state index is 0.353. The molecule has 0 radical (unpaired) electrons. The van der Waals surface area contributed by atoms with Gasteiger partial charge in [-0.05, 0) is 30.7 Å². The maximum Gasteiger partial charge on any atom is 0.181 e. The van der Waals surface area contributed by atoms with Crippen molar-refractivity contribution >= 4 is 11.6 Å². The van der Waals surface area contributed by atoms with E-state index >= 15 is 0 Å². The number of H-pyrrole nitrogens is 1. The molecule has 1 heterocycles. The molecule has 0 saturated carbocycles. The zero-order chi connectivity index (χ0) is 14.8. The van der Waals surface area contributed by atoms with E-state index in [1.807, 2.05) is 55.5 Å². The van der Waals surface area contributed by atoms with Gasteiger partial charge in [0.15, 0.2) is 5.82 Å². The Labute approximate surface area is 128 Å². The summed E-state index contributed by atoms with van der Waals surface area (Å²) in [6.07, 6.45) is 0. The Balaban J connectivity index is 1.89. The van der Waals surface area contributed by atoms with Gasteiger partial charge in [-0.25, -0.2) is 4.98 Å². The lowest BCUT2D eigenvalue weighted by atomic mass is 10.1. The Morgan fingerprint density at radius 2 is 1.90 bits per heavy atom. The number of nitrogens with one attached hydrogen (secondary N) is 1. The second-order valence-electron chi connectivity index (χ2n) is 4.94. The summed E-state index contributed by atoms with van der Waals surface area (Å²) in [4.78, 5) is 4.50. The molecule has 1 atom stereocenters. The fourth-order valence-corrected chi connectivity index (χ4v) is 2.28. The highest BCUT2D eigenvalue weighted by atomic mass is 35.5. The first-order valence-electron chi connectivity index (χ1n) is 6.64. The first-order valence-corrected chi connectivity index (χ1v) is 7.01. The lowest BCUT2D eigenvalue weighted by molar-refractivity contribution is 0.787. The van der Waals surface area contributed by atoms with Gasteiger partial charge in [-0.3, -0.25) is 5.10 Å². The summed E-state index contributed by atoms with van der Waals surface area (Å²) in [6.45, 7) is 2.04. The first-order chi connectivity index (χ1) is 10.1. The number of halogens is 1. The quantitative estimate of drug-likeness (QED) is 0.778. The van der Waals surface area contributed by atoms with Gasteiger partial charge in [-0.2, -0.15) is 5.10 Å². The second kappa shape index (κ2) is 5.68. The molecule has 0 aliphatic carbocycles. The molecule has 0 saturated heterocycles. The van der Waals surface area contributed by atoms with Crippen LogP contribution >= 0.6 is 11.6 Å². The van der Waals surface area contributed by atoms with E-state index < -0.39 is 0 Å². The second-order valence-corrected chi connectivity index (χ2v) is 5.38. The molecule has 21 heavy (non-hydrogen) atoms. The van der Waals surface area contributed by atoms with Gasteiger partial charge in [-0.15, -0.1) is 0 Å². The Morgan fingerprint density at radius 1 is 1.14 bits per heavy atom. The lowest BCUT2D eigenvalue weighted by Gasteiger charge is -2.08. The topological polar surface area (TPSA) is 67.6 Å². The molecule has 1 aromatic heterocycles. The summed E-state index contributed by atoms with van der Waals surface area (Å²) < 4.78 is 0. The smallest absolute Gasteiger partial charge is 0.181 e. The molecule has 0 fully saturated rings. The number of benzene rings is 2. The molecular weight excluding hydrogens is 284 g/mol. The number of nitrogens with two attached hydrogens (primary N) is 1. The molecule has 3 N–H and O–H groups in total. The highest BCUT2D eigenvalue weighted by molar-refractivity contribution is 6.30. The highest BCUT2D eigenvalue weighted by Gasteiger charge is 2.14. The number of hydrogen-bond acceptors (Lipinski definition) is 3. The number of rotatable bonds is 3. The van der Waals surface area contributed by atoms with Gasteiger partial charge in [0.1, 0.15) is 5.82 Å². The van der Waals surface area contributed by atoms with Crippen LogP contribution in [0, 0.1) is 6.92 Å². The number of aromatic nitrogens is 3. The third-order valence-corrected chi connectivity index (χ3v) is 3.55. The average Bonchev–Trinajstić information content (AvgIpc) is 2.97. The molecule has 3 rings (SSSR count). The number of aromatic amines is 1. The summed E-state index contributed by atoms with van der Waals surface area (Å²) in [6, 6.07) is 15.1. The van der Waals surface area contributed by atoms with Crippen molar-refractivity contribution in [3.63, 3.8) is 0 Å². The zero-order valence-corrected chi connectivity index (χ0v) is 12.3. The van der Waals surface area contributed by atoms with Crippen molar-refractivity contribution in [2.45, 2.75) is 13.0 Å². The standard InChI is InChI=1S/C16H15ClN4/c1-10-3-2-4-12(9-10)15-19-16(21-20-15)14(18)11-5-7-13(17)8-6-11/h2-9,14H,18H2,1H3,(H,19,20,21)/t14-/m0/s1. The van der Waals surface area contributed by atoms with Gasteiger partial charge >= 0.3 is 0 Å². The SMILES string of the molecule is Cc1cccc(-c2n[nH]c([C@@H](N)c3ccc(Cl)cc3)n2)c1. The normalized spacial score (nSPS) is 12.3. The maximum absolute atomic E-state index is 6.21. The van der Waals surface area contributed by atoms with Gasteiger partial charge in [-0.1, -0.05) is 47.5 Å². The minimum atomic E-state index is -0.353. The predicted octanol–water partition coefficient (Wildman–Crippen LogP) is 3.48. The molecule has 2 aromatic carbocycles. The van der Waals surface area contributed by atoms with E-state index in [-0.39, 0.29) is 6.04 Å². The summed E-state index contributed by atoms with van der Waals surface area (Å²) in [5, 5.41) is 7.85. The molecule has 0 bridgehead atoms. The third kappa shape index (κ3) is 2.96. The van der Waals surface area contributed by atoms with Crippen LogP contribution in [0.3, 0.4) is 0 Å². The summed E-state index contributed by atoms with van der Waals surface area (Å²) in [5.74, 6) is 1.28. The fraction of sp³-hybridized carbons (Fsp3) is 0.125. The van der Waals surface area contributed by atoms with E-state index in [0.29, 0.717) is 16.7 Å². The summed E-state index contributed by atoms with van der Waals surface area (Å²) in [7, 11) is 0. The van der Waals surface area contributed by atoms with Crippen molar-refractivity contribution in [1.29, 1.82) is 0 Å². The Hall–Kier alpha value is -2.17. The van der Waals surface area contributed by atoms with Crippen LogP contribution in [0.5, 0.6) is 0 Å². The van der Waals surface area contributed by atoms with Crippen LogP contribution in [-0.4, -0.2) is 15.2 Å². The van der Waals surface area contributed by atoms with Crippen LogP contribution in [0.15, 0.2) is 48.5 Å². The molecule has 0 amide bonds. The maximum atomic E-state index is 6.21. The van der Waals surface area contributed by atoms with Crippen molar-refractivity contribution < 1.29 is 0 Å². The number of aryl methyl sites for hydroxylation is 1. The molecule has 5 heteroatoms. The van der Waals surface area contributed by atoms with Crippen molar-refractivity contribution in [1.82, 2.24) is 15.2 Å². The predicted molar refractivity (Wildman–Crippen MR) is 84.0 cm³/mol. The molecule has 0 aliphatic heterocycles. The first kappa shape index (κ1) is 13.8. The van der Waals surface area contributed by atoms with Gasteiger partial charge in [0, 0.05) is 10.6 Å². The summed E-state index contributed by atoms with van der Waals surface area (Å²) >= 11 is 5.88. The van der Waals surface area contributed by atoms with E-state index in [1.54, 1.807) is 0 Å². The van der Waals surface area contributed by atoms with Crippen molar-refractivity contribution in [3.8, 4) is 11.4 Å². The highest BCUT2D eigenvalue weighted by Crippen LogP contribution is 2.21. The van der Waals surface area contributed by atoms with Gasteiger partial charge in [0.2, 0.25) is 0 Å². The summed E-state index contributed by atoms with van der Waals surface area (Å²) in [5.41, 5.74) is 9.29. The van der Waals surface area contributed by atoms with E-state index in [1.165, 1.54) is 5.56 Å².